The van der Waals surface area contributed by atoms with Crippen molar-refractivity contribution in [2.24, 2.45) is 5.73 Å². The first-order valence-corrected chi connectivity index (χ1v) is 4.50. The van der Waals surface area contributed by atoms with E-state index in [9.17, 15) is 23.3 Å². The van der Waals surface area contributed by atoms with Crippen molar-refractivity contribution in [1.82, 2.24) is 0 Å². The Kier molecular flexibility index (Phi) is 5.37. The first kappa shape index (κ1) is 16.5. The SMILES string of the molecule is Cl.N[C@H](CC(F)(F)F)c1ccc(O)c([N+](=O)[O-])c1. The fourth-order valence-corrected chi connectivity index (χ4v) is 1.28. The number of nitrogens with two attached hydrogens (primary N) is 1. The van der Waals surface area contributed by atoms with Gasteiger partial charge in [0.2, 0.25) is 0 Å². The average molecular weight is 287 g/mol. The van der Waals surface area contributed by atoms with Crippen LogP contribution in [0.2, 0.25) is 0 Å². The van der Waals surface area contributed by atoms with E-state index in [1.807, 2.05) is 0 Å². The zero-order chi connectivity index (χ0) is 13.2. The van der Waals surface area contributed by atoms with E-state index in [1.165, 1.54) is 0 Å². The highest BCUT2D eigenvalue weighted by molar-refractivity contribution is 5.85. The summed E-state index contributed by atoms with van der Waals surface area (Å²) in [4.78, 5) is 9.57. The van der Waals surface area contributed by atoms with Crippen molar-refractivity contribution in [3.63, 3.8) is 0 Å². The highest BCUT2D eigenvalue weighted by Gasteiger charge is 2.31. The largest absolute Gasteiger partial charge is 0.502 e. The standard InChI is InChI=1S/C9H9F3N2O3.ClH/c10-9(11,12)4-6(13)5-1-2-8(15)7(3-5)14(16)17;/h1-3,6,15H,4,13H2;1H/t6-;/m1./s1. The van der Waals surface area contributed by atoms with E-state index in [4.69, 9.17) is 10.8 Å². The highest BCUT2D eigenvalue weighted by atomic mass is 35.5. The van der Waals surface area contributed by atoms with Gasteiger partial charge in [-0.3, -0.25) is 10.1 Å². The molecule has 0 bridgehead atoms. The Labute approximate surface area is 106 Å². The van der Waals surface area contributed by atoms with Gasteiger partial charge in [-0.15, -0.1) is 12.4 Å². The Morgan fingerprint density at radius 2 is 2.00 bits per heavy atom. The third kappa shape index (κ3) is 4.38. The number of alkyl halides is 3. The summed E-state index contributed by atoms with van der Waals surface area (Å²) in [5.74, 6) is -0.613. The fraction of sp³-hybridized carbons (Fsp3) is 0.333. The van der Waals surface area contributed by atoms with Gasteiger partial charge in [-0.1, -0.05) is 6.07 Å². The van der Waals surface area contributed by atoms with Gasteiger partial charge >= 0.3 is 11.9 Å². The summed E-state index contributed by atoms with van der Waals surface area (Å²) in [6.07, 6.45) is -5.74. The van der Waals surface area contributed by atoms with Crippen molar-refractivity contribution in [3.8, 4) is 5.75 Å². The summed E-state index contributed by atoms with van der Waals surface area (Å²) >= 11 is 0. The number of hydrogen-bond acceptors (Lipinski definition) is 4. The van der Waals surface area contributed by atoms with Crippen molar-refractivity contribution < 1.29 is 23.2 Å². The lowest BCUT2D eigenvalue weighted by Crippen LogP contribution is -2.20. The Bertz CT molecular complexity index is 440. The molecule has 0 aromatic heterocycles. The zero-order valence-electron chi connectivity index (χ0n) is 8.85. The van der Waals surface area contributed by atoms with Crippen molar-refractivity contribution >= 4 is 18.1 Å². The molecule has 1 atom stereocenters. The van der Waals surface area contributed by atoms with Crippen LogP contribution < -0.4 is 5.73 Å². The van der Waals surface area contributed by atoms with E-state index in [1.54, 1.807) is 0 Å². The second kappa shape index (κ2) is 5.87. The molecule has 0 aliphatic carbocycles. The molecule has 0 radical (unpaired) electrons. The molecule has 0 unspecified atom stereocenters. The van der Waals surface area contributed by atoms with E-state index in [0.717, 1.165) is 18.2 Å². The monoisotopic (exact) mass is 286 g/mol. The van der Waals surface area contributed by atoms with Crippen LogP contribution in [0.1, 0.15) is 18.0 Å². The van der Waals surface area contributed by atoms with Crippen molar-refractivity contribution in [2.75, 3.05) is 0 Å². The molecule has 0 fully saturated rings. The Morgan fingerprint density at radius 3 is 2.44 bits per heavy atom. The second-order valence-corrected chi connectivity index (χ2v) is 3.43. The first-order chi connectivity index (χ1) is 7.70. The Balaban J connectivity index is 0.00000289. The van der Waals surface area contributed by atoms with Crippen LogP contribution in [0.15, 0.2) is 18.2 Å². The molecule has 102 valence electrons. The molecule has 1 aromatic rings. The molecular weight excluding hydrogens is 277 g/mol. The van der Waals surface area contributed by atoms with Gasteiger partial charge in [-0.2, -0.15) is 13.2 Å². The molecule has 0 amide bonds. The topological polar surface area (TPSA) is 89.4 Å². The molecule has 3 N–H and O–H groups in total. The minimum Gasteiger partial charge on any atom is -0.502 e. The first-order valence-electron chi connectivity index (χ1n) is 4.50. The van der Waals surface area contributed by atoms with E-state index < -0.39 is 35.0 Å². The van der Waals surface area contributed by atoms with E-state index in [2.05, 4.69) is 0 Å². The maximum atomic E-state index is 12.1. The lowest BCUT2D eigenvalue weighted by Gasteiger charge is -2.14. The van der Waals surface area contributed by atoms with Crippen LogP contribution >= 0.6 is 12.4 Å². The Morgan fingerprint density at radius 1 is 1.44 bits per heavy atom. The minimum atomic E-state index is -4.45. The van der Waals surface area contributed by atoms with Crippen molar-refractivity contribution in [3.05, 3.63) is 33.9 Å². The quantitative estimate of drug-likeness (QED) is 0.660. The number of benzene rings is 1. The number of halogens is 4. The molecule has 0 aliphatic rings. The normalized spacial score (nSPS) is 12.7. The maximum absolute atomic E-state index is 12.1. The summed E-state index contributed by atoms with van der Waals surface area (Å²) in [6.45, 7) is 0. The third-order valence-corrected chi connectivity index (χ3v) is 2.08. The molecule has 0 aliphatic heterocycles. The van der Waals surface area contributed by atoms with Crippen LogP contribution in [0, 0.1) is 10.1 Å². The van der Waals surface area contributed by atoms with Crippen LogP contribution in [-0.2, 0) is 0 Å². The number of phenols is 1. The Hall–Kier alpha value is -1.54. The number of hydrogen-bond donors (Lipinski definition) is 2. The van der Waals surface area contributed by atoms with Crippen molar-refractivity contribution in [2.45, 2.75) is 18.6 Å². The number of phenolic OH excluding ortho intramolecular Hbond substituents is 1. The maximum Gasteiger partial charge on any atom is 0.390 e. The van der Waals surface area contributed by atoms with Crippen LogP contribution in [0.4, 0.5) is 18.9 Å². The molecular formula is C9H10ClF3N2O3. The minimum absolute atomic E-state index is 0. The summed E-state index contributed by atoms with van der Waals surface area (Å²) in [6, 6.07) is 1.52. The fourth-order valence-electron chi connectivity index (χ4n) is 1.28. The van der Waals surface area contributed by atoms with Gasteiger partial charge in [-0.25, -0.2) is 0 Å². The number of nitrogens with zero attached hydrogens (tertiary/aromatic N) is 1. The molecule has 18 heavy (non-hydrogen) atoms. The molecule has 1 rings (SSSR count). The third-order valence-electron chi connectivity index (χ3n) is 2.08. The summed E-state index contributed by atoms with van der Waals surface area (Å²) in [5, 5.41) is 19.6. The van der Waals surface area contributed by atoms with Crippen LogP contribution in [-0.4, -0.2) is 16.2 Å². The number of nitro groups is 1. The van der Waals surface area contributed by atoms with Gasteiger partial charge in [-0.05, 0) is 11.6 Å². The van der Waals surface area contributed by atoms with Gasteiger partial charge in [0.1, 0.15) is 0 Å². The number of aromatic hydroxyl groups is 1. The van der Waals surface area contributed by atoms with Gasteiger partial charge in [0.05, 0.1) is 11.3 Å². The van der Waals surface area contributed by atoms with Crippen LogP contribution in [0.3, 0.4) is 0 Å². The second-order valence-electron chi connectivity index (χ2n) is 3.43. The molecule has 0 saturated heterocycles. The lowest BCUT2D eigenvalue weighted by molar-refractivity contribution is -0.385. The number of rotatable bonds is 3. The summed E-state index contributed by atoms with van der Waals surface area (Å²) < 4.78 is 36.2. The average Bonchev–Trinajstić information content (AvgIpc) is 2.14. The zero-order valence-corrected chi connectivity index (χ0v) is 9.66. The van der Waals surface area contributed by atoms with E-state index >= 15 is 0 Å². The van der Waals surface area contributed by atoms with Crippen molar-refractivity contribution in [1.29, 1.82) is 0 Å². The summed E-state index contributed by atoms with van der Waals surface area (Å²) in [7, 11) is 0. The predicted octanol–water partition coefficient (Wildman–Crippen LogP) is 2.67. The van der Waals surface area contributed by atoms with E-state index in [-0.39, 0.29) is 18.0 Å². The van der Waals surface area contributed by atoms with Gasteiger partial charge in [0, 0.05) is 12.1 Å². The molecule has 9 heteroatoms. The smallest absolute Gasteiger partial charge is 0.390 e. The van der Waals surface area contributed by atoms with Gasteiger partial charge in [0.15, 0.2) is 5.75 Å². The van der Waals surface area contributed by atoms with Gasteiger partial charge < -0.3 is 10.8 Å². The van der Waals surface area contributed by atoms with Crippen LogP contribution in [0.25, 0.3) is 0 Å². The highest BCUT2D eigenvalue weighted by Crippen LogP contribution is 2.32. The van der Waals surface area contributed by atoms with E-state index in [0.29, 0.717) is 0 Å². The predicted molar refractivity (Wildman–Crippen MR) is 59.6 cm³/mol. The molecule has 1 aromatic carbocycles. The van der Waals surface area contributed by atoms with Gasteiger partial charge in [0.25, 0.3) is 0 Å². The van der Waals surface area contributed by atoms with Crippen LogP contribution in [0.5, 0.6) is 5.75 Å². The molecule has 0 spiro atoms. The molecule has 5 nitrogen and oxygen atoms in total. The lowest BCUT2D eigenvalue weighted by atomic mass is 10.0. The number of nitro benzene ring substituents is 1. The molecule has 0 heterocycles. The molecule has 0 saturated carbocycles. The summed E-state index contributed by atoms with van der Waals surface area (Å²) in [5.41, 5.74) is 4.56.